The van der Waals surface area contributed by atoms with E-state index in [4.69, 9.17) is 9.84 Å². The average molecular weight is 389 g/mol. The van der Waals surface area contributed by atoms with E-state index in [0.717, 1.165) is 17.5 Å². The lowest BCUT2D eigenvalue weighted by atomic mass is 10.1. The molecule has 0 aromatic heterocycles. The molecule has 1 atom stereocenters. The Kier molecular flexibility index (Phi) is 5.56. The van der Waals surface area contributed by atoms with Gasteiger partial charge >= 0.3 is 6.18 Å². The lowest BCUT2D eigenvalue weighted by Crippen LogP contribution is -2.34. The number of hydrogen-bond donors (Lipinski definition) is 2. The number of ether oxygens (including phenoxy) is 1. The van der Waals surface area contributed by atoms with Gasteiger partial charge in [0.25, 0.3) is 5.91 Å². The minimum atomic E-state index is -4.40. The SMILES string of the molecule is C[C@H](CO)NC(=O)c1ccc2c(Oc3ccc(C(F)(F)F)cc3)cccc2c1. The first-order chi connectivity index (χ1) is 13.3. The van der Waals surface area contributed by atoms with Gasteiger partial charge in [-0.25, -0.2) is 0 Å². The van der Waals surface area contributed by atoms with Crippen molar-refractivity contribution in [2.75, 3.05) is 6.61 Å². The van der Waals surface area contributed by atoms with Gasteiger partial charge in [-0.3, -0.25) is 4.79 Å². The van der Waals surface area contributed by atoms with Crippen molar-refractivity contribution in [3.63, 3.8) is 0 Å². The van der Waals surface area contributed by atoms with Crippen LogP contribution in [-0.2, 0) is 6.18 Å². The Morgan fingerprint density at radius 2 is 1.82 bits per heavy atom. The van der Waals surface area contributed by atoms with Crippen LogP contribution in [0.2, 0.25) is 0 Å². The molecular weight excluding hydrogens is 371 g/mol. The third kappa shape index (κ3) is 4.43. The second-order valence-corrected chi connectivity index (χ2v) is 6.37. The van der Waals surface area contributed by atoms with Crippen LogP contribution in [0.25, 0.3) is 10.8 Å². The van der Waals surface area contributed by atoms with Crippen LogP contribution < -0.4 is 10.1 Å². The fourth-order valence-corrected chi connectivity index (χ4v) is 2.68. The minimum absolute atomic E-state index is 0.162. The Balaban J connectivity index is 1.85. The molecule has 4 nitrogen and oxygen atoms in total. The Hall–Kier alpha value is -3.06. The van der Waals surface area contributed by atoms with Crippen LogP contribution in [0.5, 0.6) is 11.5 Å². The smallest absolute Gasteiger partial charge is 0.416 e. The summed E-state index contributed by atoms with van der Waals surface area (Å²) in [6.07, 6.45) is -4.40. The number of aliphatic hydroxyl groups excluding tert-OH is 1. The monoisotopic (exact) mass is 389 g/mol. The highest BCUT2D eigenvalue weighted by molar-refractivity contribution is 6.00. The number of benzene rings is 3. The fourth-order valence-electron chi connectivity index (χ4n) is 2.68. The van der Waals surface area contributed by atoms with Crippen molar-refractivity contribution < 1.29 is 27.8 Å². The van der Waals surface area contributed by atoms with Crippen LogP contribution in [0, 0.1) is 0 Å². The summed E-state index contributed by atoms with van der Waals surface area (Å²) in [6.45, 7) is 1.53. The van der Waals surface area contributed by atoms with Crippen LogP contribution in [-0.4, -0.2) is 23.7 Å². The predicted octanol–water partition coefficient (Wildman–Crippen LogP) is 4.76. The number of rotatable bonds is 5. The third-order valence-electron chi connectivity index (χ3n) is 4.16. The van der Waals surface area contributed by atoms with Gasteiger partial charge in [0.2, 0.25) is 0 Å². The first-order valence-electron chi connectivity index (χ1n) is 8.57. The summed E-state index contributed by atoms with van der Waals surface area (Å²) in [5.74, 6) is 0.435. The highest BCUT2D eigenvalue weighted by Gasteiger charge is 2.30. The molecule has 3 rings (SSSR count). The number of hydrogen-bond acceptors (Lipinski definition) is 3. The molecular formula is C21H18F3NO3. The minimum Gasteiger partial charge on any atom is -0.457 e. The summed E-state index contributed by atoms with van der Waals surface area (Å²) in [5.41, 5.74) is -0.315. The van der Waals surface area contributed by atoms with Gasteiger partial charge in [0.15, 0.2) is 0 Å². The number of aliphatic hydroxyl groups is 1. The Bertz CT molecular complexity index is 984. The Morgan fingerprint density at radius 1 is 1.11 bits per heavy atom. The highest BCUT2D eigenvalue weighted by Crippen LogP contribution is 2.33. The zero-order chi connectivity index (χ0) is 20.3. The van der Waals surface area contributed by atoms with Crippen LogP contribution in [0.15, 0.2) is 60.7 Å². The molecule has 146 valence electrons. The average Bonchev–Trinajstić information content (AvgIpc) is 2.67. The maximum absolute atomic E-state index is 12.7. The van der Waals surface area contributed by atoms with E-state index in [9.17, 15) is 18.0 Å². The van der Waals surface area contributed by atoms with Crippen LogP contribution in [0.1, 0.15) is 22.8 Å². The van der Waals surface area contributed by atoms with Gasteiger partial charge < -0.3 is 15.2 Å². The maximum atomic E-state index is 12.7. The topological polar surface area (TPSA) is 58.6 Å². The standard InChI is InChI=1S/C21H18F3NO3/c1-13(12-26)25-20(27)15-5-10-18-14(11-15)3-2-4-19(18)28-17-8-6-16(7-9-17)21(22,23)24/h2-11,13,26H,12H2,1H3,(H,25,27)/t13-/m1/s1. The van der Waals surface area contributed by atoms with E-state index >= 15 is 0 Å². The van der Waals surface area contributed by atoms with Crippen molar-refractivity contribution in [2.45, 2.75) is 19.1 Å². The molecule has 7 heteroatoms. The first kappa shape index (κ1) is 19.7. The Labute approximate surface area is 159 Å². The normalized spacial score (nSPS) is 12.6. The van der Waals surface area contributed by atoms with Crippen molar-refractivity contribution in [3.8, 4) is 11.5 Å². The summed E-state index contributed by atoms with van der Waals surface area (Å²) in [5, 5.41) is 13.2. The number of alkyl halides is 3. The molecule has 0 bridgehead atoms. The van der Waals surface area contributed by atoms with Crippen molar-refractivity contribution in [1.29, 1.82) is 0 Å². The second kappa shape index (κ2) is 7.90. The molecule has 0 aliphatic rings. The number of nitrogens with one attached hydrogen (secondary N) is 1. The van der Waals surface area contributed by atoms with Crippen LogP contribution in [0.4, 0.5) is 13.2 Å². The van der Waals surface area contributed by atoms with Gasteiger partial charge in [-0.05, 0) is 60.8 Å². The van der Waals surface area contributed by atoms with E-state index in [1.54, 1.807) is 43.3 Å². The van der Waals surface area contributed by atoms with E-state index in [-0.39, 0.29) is 24.3 Å². The summed E-state index contributed by atoms with van der Waals surface area (Å²) in [6, 6.07) is 14.4. The number of halogens is 3. The largest absolute Gasteiger partial charge is 0.457 e. The first-order valence-corrected chi connectivity index (χ1v) is 8.57. The quantitative estimate of drug-likeness (QED) is 0.661. The van der Waals surface area contributed by atoms with E-state index in [0.29, 0.717) is 16.7 Å². The van der Waals surface area contributed by atoms with Crippen molar-refractivity contribution in [1.82, 2.24) is 5.32 Å². The zero-order valence-corrected chi connectivity index (χ0v) is 15.0. The molecule has 2 N–H and O–H groups in total. The molecule has 1 amide bonds. The predicted molar refractivity (Wildman–Crippen MR) is 99.5 cm³/mol. The summed E-state index contributed by atoms with van der Waals surface area (Å²) >= 11 is 0. The molecule has 0 aliphatic heterocycles. The van der Waals surface area contributed by atoms with E-state index in [1.165, 1.54) is 12.1 Å². The maximum Gasteiger partial charge on any atom is 0.416 e. The molecule has 3 aromatic carbocycles. The van der Waals surface area contributed by atoms with Crippen LogP contribution >= 0.6 is 0 Å². The molecule has 0 spiro atoms. The zero-order valence-electron chi connectivity index (χ0n) is 15.0. The van der Waals surface area contributed by atoms with E-state index in [2.05, 4.69) is 5.32 Å². The molecule has 28 heavy (non-hydrogen) atoms. The summed E-state index contributed by atoms with van der Waals surface area (Å²) in [4.78, 5) is 12.2. The molecule has 0 heterocycles. The van der Waals surface area contributed by atoms with E-state index < -0.39 is 11.7 Å². The molecule has 0 unspecified atom stereocenters. The molecule has 0 fully saturated rings. The van der Waals surface area contributed by atoms with Gasteiger partial charge in [0.05, 0.1) is 12.2 Å². The molecule has 0 saturated heterocycles. The lowest BCUT2D eigenvalue weighted by Gasteiger charge is -2.13. The summed E-state index contributed by atoms with van der Waals surface area (Å²) in [7, 11) is 0. The van der Waals surface area contributed by atoms with Crippen molar-refractivity contribution in [2.24, 2.45) is 0 Å². The van der Waals surface area contributed by atoms with Crippen molar-refractivity contribution >= 4 is 16.7 Å². The molecule has 0 saturated carbocycles. The van der Waals surface area contributed by atoms with E-state index in [1.807, 2.05) is 0 Å². The van der Waals surface area contributed by atoms with Gasteiger partial charge in [-0.1, -0.05) is 12.1 Å². The van der Waals surface area contributed by atoms with Gasteiger partial charge in [0, 0.05) is 17.0 Å². The van der Waals surface area contributed by atoms with Crippen LogP contribution in [0.3, 0.4) is 0 Å². The van der Waals surface area contributed by atoms with Gasteiger partial charge in [0.1, 0.15) is 11.5 Å². The molecule has 3 aromatic rings. The fraction of sp³-hybridized carbons (Fsp3) is 0.190. The Morgan fingerprint density at radius 3 is 2.46 bits per heavy atom. The van der Waals surface area contributed by atoms with Gasteiger partial charge in [-0.15, -0.1) is 0 Å². The molecule has 0 aliphatic carbocycles. The number of fused-ring (bicyclic) bond motifs is 1. The lowest BCUT2D eigenvalue weighted by molar-refractivity contribution is -0.137. The number of amides is 1. The highest BCUT2D eigenvalue weighted by atomic mass is 19.4. The molecule has 0 radical (unpaired) electrons. The second-order valence-electron chi connectivity index (χ2n) is 6.37. The third-order valence-corrected chi connectivity index (χ3v) is 4.16. The summed E-state index contributed by atoms with van der Waals surface area (Å²) < 4.78 is 43.8. The van der Waals surface area contributed by atoms with Crippen molar-refractivity contribution in [3.05, 3.63) is 71.8 Å². The number of carbonyl (C=O) groups is 1. The number of carbonyl (C=O) groups excluding carboxylic acids is 1. The van der Waals surface area contributed by atoms with Gasteiger partial charge in [-0.2, -0.15) is 13.2 Å².